The summed E-state index contributed by atoms with van der Waals surface area (Å²) in [5.41, 5.74) is 5.75. The van der Waals surface area contributed by atoms with Crippen LogP contribution in [0.3, 0.4) is 0 Å². The molecular formula is C15H17BrN4O. The lowest BCUT2D eigenvalue weighted by atomic mass is 10.1. The number of rotatable bonds is 4. The number of para-hydroxylation sites is 1. The summed E-state index contributed by atoms with van der Waals surface area (Å²) in [7, 11) is 1.93. The number of hydrogen-bond donors (Lipinski definition) is 2. The zero-order chi connectivity index (χ0) is 15.0. The number of benzene rings is 1. The van der Waals surface area contributed by atoms with Crippen LogP contribution in [0, 0.1) is 6.92 Å². The first-order valence-corrected chi connectivity index (χ1v) is 7.52. The van der Waals surface area contributed by atoms with Gasteiger partial charge >= 0.3 is 0 Å². The molecule has 21 heavy (non-hydrogen) atoms. The first-order valence-electron chi connectivity index (χ1n) is 6.72. The Morgan fingerprint density at radius 1 is 1.43 bits per heavy atom. The molecular weight excluding hydrogens is 332 g/mol. The molecule has 3 N–H and O–H groups in total. The van der Waals surface area contributed by atoms with Gasteiger partial charge in [0, 0.05) is 18.9 Å². The van der Waals surface area contributed by atoms with E-state index in [-0.39, 0.29) is 6.04 Å². The van der Waals surface area contributed by atoms with Gasteiger partial charge in [-0.1, -0.05) is 18.2 Å². The van der Waals surface area contributed by atoms with Crippen molar-refractivity contribution in [3.05, 3.63) is 52.0 Å². The topological polar surface area (TPSA) is 69.0 Å². The Bertz CT molecular complexity index is 744. The standard InChI is InChI=1S/C15H17BrN4O/c1-9-15(16)12(20(2)19-9)8-11(18-17)14-7-10-5-3-4-6-13(10)21-14/h3-7,11,18H,8,17H2,1-2H3. The summed E-state index contributed by atoms with van der Waals surface area (Å²) in [4.78, 5) is 0. The molecule has 0 saturated carbocycles. The van der Waals surface area contributed by atoms with Gasteiger partial charge in [0.05, 0.1) is 21.9 Å². The number of aryl methyl sites for hydroxylation is 2. The van der Waals surface area contributed by atoms with E-state index in [1.54, 1.807) is 0 Å². The highest BCUT2D eigenvalue weighted by atomic mass is 79.9. The summed E-state index contributed by atoms with van der Waals surface area (Å²) in [5.74, 6) is 6.55. The third kappa shape index (κ3) is 2.62. The summed E-state index contributed by atoms with van der Waals surface area (Å²) in [6.45, 7) is 1.97. The van der Waals surface area contributed by atoms with E-state index >= 15 is 0 Å². The van der Waals surface area contributed by atoms with Crippen molar-refractivity contribution < 1.29 is 4.42 Å². The van der Waals surface area contributed by atoms with Gasteiger partial charge in [0.15, 0.2) is 0 Å². The highest BCUT2D eigenvalue weighted by Crippen LogP contribution is 2.28. The first kappa shape index (κ1) is 14.3. The zero-order valence-corrected chi connectivity index (χ0v) is 13.5. The lowest BCUT2D eigenvalue weighted by Crippen LogP contribution is -2.29. The fourth-order valence-corrected chi connectivity index (χ4v) is 3.01. The second-order valence-electron chi connectivity index (χ2n) is 5.08. The molecule has 0 spiro atoms. The Kier molecular flexibility index (Phi) is 3.84. The molecule has 1 unspecified atom stereocenters. The maximum absolute atomic E-state index is 5.89. The van der Waals surface area contributed by atoms with E-state index in [0.29, 0.717) is 6.42 Å². The highest BCUT2D eigenvalue weighted by molar-refractivity contribution is 9.10. The first-order chi connectivity index (χ1) is 10.1. The number of nitrogens with zero attached hydrogens (tertiary/aromatic N) is 2. The molecule has 1 aromatic carbocycles. The van der Waals surface area contributed by atoms with Crippen LogP contribution in [0.5, 0.6) is 0 Å². The van der Waals surface area contributed by atoms with Crippen LogP contribution in [0.25, 0.3) is 11.0 Å². The smallest absolute Gasteiger partial charge is 0.134 e. The second kappa shape index (κ2) is 5.63. The maximum atomic E-state index is 5.89. The maximum Gasteiger partial charge on any atom is 0.134 e. The van der Waals surface area contributed by atoms with Crippen LogP contribution in [-0.2, 0) is 13.5 Å². The normalized spacial score (nSPS) is 13.0. The second-order valence-corrected chi connectivity index (χ2v) is 5.87. The Hall–Kier alpha value is -1.63. The van der Waals surface area contributed by atoms with Crippen LogP contribution >= 0.6 is 15.9 Å². The van der Waals surface area contributed by atoms with Crippen LogP contribution in [0.4, 0.5) is 0 Å². The average Bonchev–Trinajstić information content (AvgIpc) is 3.00. The average molecular weight is 349 g/mol. The number of halogens is 1. The van der Waals surface area contributed by atoms with Crippen molar-refractivity contribution in [2.45, 2.75) is 19.4 Å². The molecule has 0 radical (unpaired) electrons. The number of aromatic nitrogens is 2. The Morgan fingerprint density at radius 3 is 2.81 bits per heavy atom. The van der Waals surface area contributed by atoms with E-state index in [0.717, 1.165) is 32.6 Å². The van der Waals surface area contributed by atoms with E-state index < -0.39 is 0 Å². The molecule has 0 aliphatic carbocycles. The van der Waals surface area contributed by atoms with Crippen LogP contribution in [0.2, 0.25) is 0 Å². The number of nitrogens with two attached hydrogens (primary N) is 1. The molecule has 0 amide bonds. The molecule has 3 aromatic rings. The van der Waals surface area contributed by atoms with Gasteiger partial charge in [-0.05, 0) is 35.0 Å². The predicted octanol–water partition coefficient (Wildman–Crippen LogP) is 2.98. The number of hydrazine groups is 1. The number of furan rings is 1. The van der Waals surface area contributed by atoms with Gasteiger partial charge < -0.3 is 4.42 Å². The summed E-state index contributed by atoms with van der Waals surface area (Å²) >= 11 is 3.58. The van der Waals surface area contributed by atoms with Crippen LogP contribution in [0.15, 0.2) is 39.2 Å². The molecule has 0 aliphatic heterocycles. The van der Waals surface area contributed by atoms with E-state index in [4.69, 9.17) is 10.3 Å². The molecule has 3 rings (SSSR count). The molecule has 0 aliphatic rings. The van der Waals surface area contributed by atoms with Crippen molar-refractivity contribution >= 4 is 26.9 Å². The van der Waals surface area contributed by atoms with E-state index in [2.05, 4.69) is 26.5 Å². The van der Waals surface area contributed by atoms with Gasteiger partial charge in [0.1, 0.15) is 11.3 Å². The molecule has 2 aromatic heterocycles. The molecule has 2 heterocycles. The van der Waals surface area contributed by atoms with Crippen molar-refractivity contribution in [1.82, 2.24) is 15.2 Å². The van der Waals surface area contributed by atoms with Crippen molar-refractivity contribution in [1.29, 1.82) is 0 Å². The summed E-state index contributed by atoms with van der Waals surface area (Å²) in [6, 6.07) is 9.85. The molecule has 1 atom stereocenters. The molecule has 0 bridgehead atoms. The van der Waals surface area contributed by atoms with E-state index in [1.165, 1.54) is 0 Å². The zero-order valence-electron chi connectivity index (χ0n) is 11.9. The summed E-state index contributed by atoms with van der Waals surface area (Å²) in [5, 5.41) is 5.48. The monoisotopic (exact) mass is 348 g/mol. The highest BCUT2D eigenvalue weighted by Gasteiger charge is 2.20. The minimum absolute atomic E-state index is 0.108. The Labute approximate surface area is 131 Å². The minimum atomic E-state index is -0.108. The minimum Gasteiger partial charge on any atom is -0.459 e. The molecule has 0 saturated heterocycles. The van der Waals surface area contributed by atoms with Crippen molar-refractivity contribution in [2.24, 2.45) is 12.9 Å². The third-order valence-corrected chi connectivity index (χ3v) is 4.68. The van der Waals surface area contributed by atoms with Crippen molar-refractivity contribution in [2.75, 3.05) is 0 Å². The van der Waals surface area contributed by atoms with Gasteiger partial charge in [-0.3, -0.25) is 10.5 Å². The van der Waals surface area contributed by atoms with Crippen LogP contribution in [-0.4, -0.2) is 9.78 Å². The summed E-state index contributed by atoms with van der Waals surface area (Å²) < 4.78 is 8.77. The van der Waals surface area contributed by atoms with Gasteiger partial charge in [0.2, 0.25) is 0 Å². The van der Waals surface area contributed by atoms with Gasteiger partial charge in [-0.15, -0.1) is 0 Å². The molecule has 110 valence electrons. The van der Waals surface area contributed by atoms with E-state index in [1.807, 2.05) is 49.0 Å². The fraction of sp³-hybridized carbons (Fsp3) is 0.267. The third-order valence-electron chi connectivity index (χ3n) is 3.65. The summed E-state index contributed by atoms with van der Waals surface area (Å²) in [6.07, 6.45) is 0.689. The molecule has 5 nitrogen and oxygen atoms in total. The predicted molar refractivity (Wildman–Crippen MR) is 85.6 cm³/mol. The van der Waals surface area contributed by atoms with Gasteiger partial charge in [-0.25, -0.2) is 5.43 Å². The van der Waals surface area contributed by atoms with Crippen molar-refractivity contribution in [3.8, 4) is 0 Å². The lowest BCUT2D eigenvalue weighted by Gasteiger charge is -2.13. The quantitative estimate of drug-likeness (QED) is 0.561. The van der Waals surface area contributed by atoms with Crippen molar-refractivity contribution in [3.63, 3.8) is 0 Å². The number of hydrogen-bond acceptors (Lipinski definition) is 4. The Morgan fingerprint density at radius 2 is 2.19 bits per heavy atom. The lowest BCUT2D eigenvalue weighted by molar-refractivity contribution is 0.427. The molecule has 0 fully saturated rings. The van der Waals surface area contributed by atoms with Gasteiger partial charge in [-0.2, -0.15) is 5.10 Å². The number of nitrogens with one attached hydrogen (secondary N) is 1. The largest absolute Gasteiger partial charge is 0.459 e. The molecule has 6 heteroatoms. The fourth-order valence-electron chi connectivity index (χ4n) is 2.51. The van der Waals surface area contributed by atoms with Crippen LogP contribution < -0.4 is 11.3 Å². The van der Waals surface area contributed by atoms with E-state index in [9.17, 15) is 0 Å². The Balaban J connectivity index is 1.94. The van der Waals surface area contributed by atoms with Crippen LogP contribution in [0.1, 0.15) is 23.2 Å². The SMILES string of the molecule is Cc1nn(C)c(CC(NN)c2cc3ccccc3o2)c1Br. The number of fused-ring (bicyclic) bond motifs is 1. The van der Waals surface area contributed by atoms with Gasteiger partial charge in [0.25, 0.3) is 0 Å².